The molecule has 2 N–H and O–H groups in total. The predicted octanol–water partition coefficient (Wildman–Crippen LogP) is 7.48. The molecule has 256 valence electrons. The van der Waals surface area contributed by atoms with E-state index in [1.54, 1.807) is 10.7 Å². The highest BCUT2D eigenvalue weighted by molar-refractivity contribution is 5.78. The Labute approximate surface area is 292 Å². The molecule has 1 atom stereocenters. The number of nitrogens with one attached hydrogen (secondary N) is 1. The van der Waals surface area contributed by atoms with Gasteiger partial charge in [0, 0.05) is 18.2 Å². The Morgan fingerprint density at radius 3 is 2.00 bits per heavy atom. The first-order valence-electron chi connectivity index (χ1n) is 16.6. The summed E-state index contributed by atoms with van der Waals surface area (Å²) in [6.45, 7) is 7.86. The van der Waals surface area contributed by atoms with Crippen LogP contribution in [0.15, 0.2) is 128 Å². The Kier molecular flexibility index (Phi) is 10.3. The van der Waals surface area contributed by atoms with Crippen molar-refractivity contribution in [2.45, 2.75) is 51.5 Å². The highest BCUT2D eigenvalue weighted by atomic mass is 16.6. The minimum Gasteiger partial charge on any atom is -0.489 e. The highest BCUT2D eigenvalue weighted by Crippen LogP contribution is 2.40. The number of carbonyl (C=O) groups excluding carboxylic acids is 1. The lowest BCUT2D eigenvalue weighted by Gasteiger charge is -2.36. The molecule has 6 aromatic rings. The Bertz CT molecular complexity index is 1930. The van der Waals surface area contributed by atoms with Crippen LogP contribution in [0.4, 0.5) is 4.79 Å². The summed E-state index contributed by atoms with van der Waals surface area (Å²) in [7, 11) is 0. The van der Waals surface area contributed by atoms with E-state index < -0.39 is 23.4 Å². The third kappa shape index (κ3) is 7.86. The van der Waals surface area contributed by atoms with E-state index in [-0.39, 0.29) is 13.2 Å². The minimum absolute atomic E-state index is 0.00649. The number of amides is 1. The molecule has 0 fully saturated rings. The van der Waals surface area contributed by atoms with Gasteiger partial charge in [-0.25, -0.2) is 14.3 Å². The predicted molar refractivity (Wildman–Crippen MR) is 193 cm³/mol. The number of aliphatic hydroxyl groups is 1. The summed E-state index contributed by atoms with van der Waals surface area (Å²) in [6.07, 6.45) is 1.88. The van der Waals surface area contributed by atoms with Gasteiger partial charge in [0.2, 0.25) is 0 Å². The number of carbonyl (C=O) groups is 1. The molecule has 4 aromatic carbocycles. The SMILES string of the molecule is Cc1cc(-c2ncnn3cc(OCC(O)COC(c4ccccc4)(c4ccccc4)c4ccccc4)cc23)ccc1CNC(=O)OC(C)(C)C. The van der Waals surface area contributed by atoms with E-state index in [0.29, 0.717) is 12.3 Å². The van der Waals surface area contributed by atoms with E-state index in [0.717, 1.165) is 44.6 Å². The van der Waals surface area contributed by atoms with Crippen LogP contribution < -0.4 is 10.1 Å². The van der Waals surface area contributed by atoms with Crippen LogP contribution in [0.3, 0.4) is 0 Å². The van der Waals surface area contributed by atoms with Gasteiger partial charge < -0.3 is 24.6 Å². The van der Waals surface area contributed by atoms with Gasteiger partial charge in [-0.1, -0.05) is 103 Å². The maximum Gasteiger partial charge on any atom is 0.407 e. The summed E-state index contributed by atoms with van der Waals surface area (Å²) in [5, 5.41) is 18.4. The normalized spacial score (nSPS) is 12.4. The second-order valence-corrected chi connectivity index (χ2v) is 13.2. The third-order valence-electron chi connectivity index (χ3n) is 8.29. The Morgan fingerprint density at radius 2 is 1.44 bits per heavy atom. The van der Waals surface area contributed by atoms with E-state index in [1.165, 1.54) is 6.33 Å². The van der Waals surface area contributed by atoms with E-state index in [4.69, 9.17) is 14.2 Å². The molecule has 50 heavy (non-hydrogen) atoms. The average molecular weight is 671 g/mol. The summed E-state index contributed by atoms with van der Waals surface area (Å²) in [5.74, 6) is 0.543. The van der Waals surface area contributed by atoms with Crippen LogP contribution in [0.25, 0.3) is 16.8 Å². The van der Waals surface area contributed by atoms with Crippen LogP contribution in [0.1, 0.15) is 48.6 Å². The van der Waals surface area contributed by atoms with Crippen molar-refractivity contribution in [3.05, 3.63) is 156 Å². The minimum atomic E-state index is -0.945. The highest BCUT2D eigenvalue weighted by Gasteiger charge is 2.38. The molecular formula is C41H42N4O5. The number of ether oxygens (including phenoxy) is 3. The first kappa shape index (κ1) is 34.4. The van der Waals surface area contributed by atoms with Gasteiger partial charge in [0.05, 0.1) is 24.0 Å². The topological polar surface area (TPSA) is 107 Å². The molecule has 2 heterocycles. The van der Waals surface area contributed by atoms with Crippen molar-refractivity contribution in [2.24, 2.45) is 0 Å². The van der Waals surface area contributed by atoms with Crippen LogP contribution in [0, 0.1) is 6.92 Å². The monoisotopic (exact) mass is 670 g/mol. The number of aliphatic hydroxyl groups excluding tert-OH is 1. The zero-order valence-corrected chi connectivity index (χ0v) is 28.7. The fourth-order valence-electron chi connectivity index (χ4n) is 5.96. The van der Waals surface area contributed by atoms with Gasteiger partial charge in [-0.2, -0.15) is 5.10 Å². The Balaban J connectivity index is 1.16. The maximum atomic E-state index is 12.1. The number of hydrogen-bond donors (Lipinski definition) is 2. The molecule has 0 bridgehead atoms. The number of alkyl carbamates (subject to hydrolysis) is 1. The van der Waals surface area contributed by atoms with Gasteiger partial charge in [-0.05, 0) is 61.6 Å². The molecule has 2 aromatic heterocycles. The van der Waals surface area contributed by atoms with Crippen molar-refractivity contribution in [3.8, 4) is 17.0 Å². The molecule has 1 unspecified atom stereocenters. The van der Waals surface area contributed by atoms with Gasteiger partial charge in [-0.3, -0.25) is 0 Å². The van der Waals surface area contributed by atoms with E-state index in [1.807, 2.05) is 143 Å². The molecule has 1 amide bonds. The number of aryl methyl sites for hydroxylation is 1. The summed E-state index contributed by atoms with van der Waals surface area (Å²) < 4.78 is 19.9. The molecule has 0 aliphatic heterocycles. The molecule has 0 saturated heterocycles. The number of benzene rings is 4. The van der Waals surface area contributed by atoms with Gasteiger partial charge in [0.25, 0.3) is 0 Å². The van der Waals surface area contributed by atoms with Crippen LogP contribution in [-0.4, -0.2) is 50.7 Å². The molecule has 6 rings (SSSR count). The maximum absolute atomic E-state index is 12.1. The molecular weight excluding hydrogens is 628 g/mol. The van der Waals surface area contributed by atoms with E-state index in [2.05, 4.69) is 15.4 Å². The van der Waals surface area contributed by atoms with Crippen LogP contribution in [-0.2, 0) is 21.6 Å². The smallest absolute Gasteiger partial charge is 0.407 e. The lowest BCUT2D eigenvalue weighted by molar-refractivity contribution is -0.0493. The standard InChI is InChI=1S/C41H42N4O5/c1-29-22-30(20-21-31(29)24-42-39(47)50-40(2,3)4)38-37-23-36(25-45(37)44-28-43-38)48-26-35(46)27-49-41(32-14-8-5-9-15-32,33-16-10-6-11-17-33)34-18-12-7-13-19-34/h5-23,25,28,35,46H,24,26-27H2,1-4H3,(H,42,47). The van der Waals surface area contributed by atoms with Gasteiger partial charge in [0.1, 0.15) is 36.0 Å². The largest absolute Gasteiger partial charge is 0.489 e. The fraction of sp³-hybridized carbons (Fsp3) is 0.244. The molecule has 0 spiro atoms. The average Bonchev–Trinajstić information content (AvgIpc) is 3.55. The summed E-state index contributed by atoms with van der Waals surface area (Å²) in [4.78, 5) is 16.7. The van der Waals surface area contributed by atoms with Crippen molar-refractivity contribution in [3.63, 3.8) is 0 Å². The summed E-state index contributed by atoms with van der Waals surface area (Å²) >= 11 is 0. The lowest BCUT2D eigenvalue weighted by atomic mass is 9.80. The first-order valence-corrected chi connectivity index (χ1v) is 16.6. The van der Waals surface area contributed by atoms with Crippen LogP contribution in [0.5, 0.6) is 5.75 Å². The number of aromatic nitrogens is 3. The zero-order chi connectivity index (χ0) is 35.1. The van der Waals surface area contributed by atoms with Crippen molar-refractivity contribution in [2.75, 3.05) is 13.2 Å². The zero-order valence-electron chi connectivity index (χ0n) is 28.7. The molecule has 0 aliphatic rings. The second-order valence-electron chi connectivity index (χ2n) is 13.2. The van der Waals surface area contributed by atoms with Crippen molar-refractivity contribution in [1.29, 1.82) is 0 Å². The Hall–Kier alpha value is -5.51. The fourth-order valence-corrected chi connectivity index (χ4v) is 5.96. The van der Waals surface area contributed by atoms with Gasteiger partial charge in [-0.15, -0.1) is 0 Å². The second kappa shape index (κ2) is 14.9. The molecule has 0 saturated carbocycles. The molecule has 0 aliphatic carbocycles. The number of rotatable bonds is 12. The van der Waals surface area contributed by atoms with Crippen molar-refractivity contribution < 1.29 is 24.1 Å². The van der Waals surface area contributed by atoms with Crippen LogP contribution >= 0.6 is 0 Å². The van der Waals surface area contributed by atoms with Gasteiger partial charge in [0.15, 0.2) is 0 Å². The lowest BCUT2D eigenvalue weighted by Crippen LogP contribution is -2.37. The molecule has 9 heteroatoms. The van der Waals surface area contributed by atoms with Crippen molar-refractivity contribution >= 4 is 11.6 Å². The number of fused-ring (bicyclic) bond motifs is 1. The molecule has 9 nitrogen and oxygen atoms in total. The summed E-state index contributed by atoms with van der Waals surface area (Å²) in [5.41, 5.74) is 5.71. The van der Waals surface area contributed by atoms with Crippen molar-refractivity contribution in [1.82, 2.24) is 19.9 Å². The number of nitrogens with zero attached hydrogens (tertiary/aromatic N) is 3. The number of hydrogen-bond acceptors (Lipinski definition) is 7. The van der Waals surface area contributed by atoms with E-state index in [9.17, 15) is 9.90 Å². The first-order chi connectivity index (χ1) is 24.1. The van der Waals surface area contributed by atoms with E-state index >= 15 is 0 Å². The third-order valence-corrected chi connectivity index (χ3v) is 8.29. The van der Waals surface area contributed by atoms with Crippen LogP contribution in [0.2, 0.25) is 0 Å². The summed E-state index contributed by atoms with van der Waals surface area (Å²) in [6, 6.07) is 38.0. The van der Waals surface area contributed by atoms with Gasteiger partial charge >= 0.3 is 6.09 Å². The Morgan fingerprint density at radius 1 is 0.840 bits per heavy atom. The molecule has 0 radical (unpaired) electrons. The quantitative estimate of drug-likeness (QED) is 0.130.